The zero-order valence-corrected chi connectivity index (χ0v) is 13.0. The Bertz CT molecular complexity index is 612. The van der Waals surface area contributed by atoms with Crippen LogP contribution in [0.1, 0.15) is 36.1 Å². The molecule has 0 aliphatic carbocycles. The van der Waals surface area contributed by atoms with Crippen molar-refractivity contribution < 1.29 is 4.79 Å². The molecule has 6 heteroatoms. The number of rotatable bonds is 3. The molecule has 0 saturated heterocycles. The molecule has 1 N–H and O–H groups in total. The van der Waals surface area contributed by atoms with Crippen LogP contribution in [0, 0.1) is 6.92 Å². The number of nitrogens with one attached hydrogen (secondary N) is 1. The van der Waals surface area contributed by atoms with Crippen molar-refractivity contribution in [2.75, 3.05) is 5.32 Å². The van der Waals surface area contributed by atoms with Crippen molar-refractivity contribution in [1.82, 2.24) is 14.3 Å². The van der Waals surface area contributed by atoms with Crippen LogP contribution < -0.4 is 5.32 Å². The predicted molar refractivity (Wildman–Crippen MR) is 78.4 cm³/mol. The fraction of sp³-hybridized carbons (Fsp3) is 0.385. The van der Waals surface area contributed by atoms with Gasteiger partial charge in [0.1, 0.15) is 11.5 Å². The Morgan fingerprint density at radius 1 is 1.42 bits per heavy atom. The maximum atomic E-state index is 12.3. The Morgan fingerprint density at radius 2 is 2.11 bits per heavy atom. The minimum atomic E-state index is -0.137. The fourth-order valence-electron chi connectivity index (χ4n) is 1.96. The predicted octanol–water partition coefficient (Wildman–Crippen LogP) is 3.13. The van der Waals surface area contributed by atoms with E-state index in [1.165, 1.54) is 0 Å². The lowest BCUT2D eigenvalue weighted by Gasteiger charge is -2.12. The molecule has 0 aromatic carbocycles. The highest BCUT2D eigenvalue weighted by molar-refractivity contribution is 9.10. The van der Waals surface area contributed by atoms with Gasteiger partial charge in [-0.1, -0.05) is 0 Å². The molecule has 19 heavy (non-hydrogen) atoms. The van der Waals surface area contributed by atoms with E-state index >= 15 is 0 Å². The number of aromatic nitrogens is 3. The molecule has 0 bridgehead atoms. The molecule has 0 saturated carbocycles. The van der Waals surface area contributed by atoms with Crippen molar-refractivity contribution in [3.05, 3.63) is 34.2 Å². The van der Waals surface area contributed by atoms with Gasteiger partial charge in [-0.25, -0.2) is 0 Å². The number of amides is 1. The molecule has 5 nitrogen and oxygen atoms in total. The molecule has 1 amide bonds. The highest BCUT2D eigenvalue weighted by Gasteiger charge is 2.16. The van der Waals surface area contributed by atoms with Gasteiger partial charge in [0, 0.05) is 29.8 Å². The lowest BCUT2D eigenvalue weighted by atomic mass is 10.3. The molecule has 2 rings (SSSR count). The van der Waals surface area contributed by atoms with E-state index in [9.17, 15) is 4.79 Å². The minimum absolute atomic E-state index is 0.137. The van der Waals surface area contributed by atoms with Gasteiger partial charge in [0.2, 0.25) is 0 Å². The van der Waals surface area contributed by atoms with Crippen molar-refractivity contribution in [3.63, 3.8) is 0 Å². The highest BCUT2D eigenvalue weighted by atomic mass is 79.9. The Balaban J connectivity index is 2.27. The zero-order valence-electron chi connectivity index (χ0n) is 11.4. The number of anilines is 1. The Morgan fingerprint density at radius 3 is 2.63 bits per heavy atom. The summed E-state index contributed by atoms with van der Waals surface area (Å²) in [6, 6.07) is 3.88. The third-order valence-electron chi connectivity index (χ3n) is 2.85. The molecule has 0 unspecified atom stereocenters. The van der Waals surface area contributed by atoms with Crippen LogP contribution in [0.3, 0.4) is 0 Å². The van der Waals surface area contributed by atoms with E-state index in [4.69, 9.17) is 0 Å². The van der Waals surface area contributed by atoms with Crippen LogP contribution >= 0.6 is 15.9 Å². The van der Waals surface area contributed by atoms with E-state index in [0.29, 0.717) is 11.5 Å². The second-order valence-electron chi connectivity index (χ2n) is 4.79. The molecule has 0 radical (unpaired) electrons. The van der Waals surface area contributed by atoms with E-state index < -0.39 is 0 Å². The largest absolute Gasteiger partial charge is 0.340 e. The fourth-order valence-corrected chi connectivity index (χ4v) is 2.40. The first-order valence-electron chi connectivity index (χ1n) is 6.08. The quantitative estimate of drug-likeness (QED) is 0.943. The smallest absolute Gasteiger partial charge is 0.273 e. The van der Waals surface area contributed by atoms with E-state index in [-0.39, 0.29) is 11.9 Å². The Hall–Kier alpha value is -1.56. The molecule has 2 aromatic rings. The van der Waals surface area contributed by atoms with Gasteiger partial charge in [-0.2, -0.15) is 5.10 Å². The molecule has 0 aliphatic heterocycles. The standard InChI is InChI=1S/C13H17BrN4O/c1-8(2)18-7-10(14)6-11(18)13(19)15-12-5-9(3)16-17(12)4/h5-8H,1-4H3,(H,15,19). The summed E-state index contributed by atoms with van der Waals surface area (Å²) in [7, 11) is 1.81. The monoisotopic (exact) mass is 324 g/mol. The number of carbonyl (C=O) groups excluding carboxylic acids is 1. The Kier molecular flexibility index (Phi) is 3.80. The topological polar surface area (TPSA) is 51.9 Å². The number of hydrogen-bond donors (Lipinski definition) is 1. The molecule has 2 aromatic heterocycles. The number of nitrogens with zero attached hydrogens (tertiary/aromatic N) is 3. The van der Waals surface area contributed by atoms with Gasteiger partial charge in [0.25, 0.3) is 5.91 Å². The number of carbonyl (C=O) groups is 1. The summed E-state index contributed by atoms with van der Waals surface area (Å²) in [5, 5.41) is 7.08. The minimum Gasteiger partial charge on any atom is -0.340 e. The first-order chi connectivity index (χ1) is 8.88. The zero-order chi connectivity index (χ0) is 14.2. The number of hydrogen-bond acceptors (Lipinski definition) is 2. The normalized spacial score (nSPS) is 11.1. The second kappa shape index (κ2) is 5.21. The molecule has 2 heterocycles. The maximum Gasteiger partial charge on any atom is 0.273 e. The summed E-state index contributed by atoms with van der Waals surface area (Å²) in [5.74, 6) is 0.553. The molecule has 0 atom stereocenters. The van der Waals surface area contributed by atoms with E-state index in [1.54, 1.807) is 11.7 Å². The van der Waals surface area contributed by atoms with Crippen molar-refractivity contribution in [3.8, 4) is 0 Å². The summed E-state index contributed by atoms with van der Waals surface area (Å²) < 4.78 is 4.49. The summed E-state index contributed by atoms with van der Waals surface area (Å²) in [6.07, 6.45) is 1.91. The van der Waals surface area contributed by atoms with Crippen molar-refractivity contribution in [2.24, 2.45) is 7.05 Å². The average molecular weight is 325 g/mol. The van der Waals surface area contributed by atoms with E-state index in [0.717, 1.165) is 10.2 Å². The third-order valence-corrected chi connectivity index (χ3v) is 3.28. The van der Waals surface area contributed by atoms with Crippen molar-refractivity contribution >= 4 is 27.7 Å². The van der Waals surface area contributed by atoms with Crippen LogP contribution in [0.25, 0.3) is 0 Å². The van der Waals surface area contributed by atoms with Crippen LogP contribution in [-0.4, -0.2) is 20.3 Å². The van der Waals surface area contributed by atoms with E-state index in [2.05, 4.69) is 26.3 Å². The van der Waals surface area contributed by atoms with Gasteiger partial charge in [0.05, 0.1) is 5.69 Å². The third kappa shape index (κ3) is 2.89. The first kappa shape index (κ1) is 13.9. The van der Waals surface area contributed by atoms with Crippen LogP contribution in [-0.2, 0) is 7.05 Å². The number of halogens is 1. The molecule has 102 valence electrons. The van der Waals surface area contributed by atoms with Gasteiger partial charge in [-0.05, 0) is 42.8 Å². The summed E-state index contributed by atoms with van der Waals surface area (Å²) in [4.78, 5) is 12.3. The van der Waals surface area contributed by atoms with Crippen LogP contribution in [0.15, 0.2) is 22.8 Å². The van der Waals surface area contributed by atoms with Gasteiger partial charge < -0.3 is 9.88 Å². The van der Waals surface area contributed by atoms with Gasteiger partial charge >= 0.3 is 0 Å². The lowest BCUT2D eigenvalue weighted by molar-refractivity contribution is 0.101. The molecule has 0 spiro atoms. The summed E-state index contributed by atoms with van der Waals surface area (Å²) in [6.45, 7) is 5.97. The van der Waals surface area contributed by atoms with Gasteiger partial charge in [-0.15, -0.1) is 0 Å². The van der Waals surface area contributed by atoms with Crippen LogP contribution in [0.4, 0.5) is 5.82 Å². The van der Waals surface area contributed by atoms with E-state index in [1.807, 2.05) is 43.7 Å². The lowest BCUT2D eigenvalue weighted by Crippen LogP contribution is -2.19. The first-order valence-corrected chi connectivity index (χ1v) is 6.87. The molecule has 0 fully saturated rings. The molecular weight excluding hydrogens is 308 g/mol. The maximum absolute atomic E-state index is 12.3. The number of aryl methyl sites for hydroxylation is 2. The highest BCUT2D eigenvalue weighted by Crippen LogP contribution is 2.20. The summed E-state index contributed by atoms with van der Waals surface area (Å²) >= 11 is 3.41. The van der Waals surface area contributed by atoms with Crippen LogP contribution in [0.5, 0.6) is 0 Å². The Labute approximate surface area is 120 Å². The second-order valence-corrected chi connectivity index (χ2v) is 5.71. The molecule has 0 aliphatic rings. The SMILES string of the molecule is Cc1cc(NC(=O)c2cc(Br)cn2C(C)C)n(C)n1. The van der Waals surface area contributed by atoms with Gasteiger partial charge in [0.15, 0.2) is 0 Å². The van der Waals surface area contributed by atoms with Crippen LogP contribution in [0.2, 0.25) is 0 Å². The average Bonchev–Trinajstić information content (AvgIpc) is 2.83. The van der Waals surface area contributed by atoms with Crippen molar-refractivity contribution in [1.29, 1.82) is 0 Å². The van der Waals surface area contributed by atoms with Gasteiger partial charge in [-0.3, -0.25) is 9.48 Å². The van der Waals surface area contributed by atoms with Crippen molar-refractivity contribution in [2.45, 2.75) is 26.8 Å². The summed E-state index contributed by atoms with van der Waals surface area (Å²) in [5.41, 5.74) is 1.50. The molecular formula is C13H17BrN4O.